The molecule has 4 aromatic heterocycles. The molecule has 0 amide bonds. The number of hydrogen-bond donors (Lipinski definition) is 4. The average Bonchev–Trinajstić information content (AvgIpc) is 3.40. The molecule has 0 unspecified atom stereocenters. The van der Waals surface area contributed by atoms with Gasteiger partial charge in [-0.3, -0.25) is 4.79 Å². The van der Waals surface area contributed by atoms with Crippen molar-refractivity contribution >= 4 is 23.0 Å². The molecule has 1 saturated carbocycles. The summed E-state index contributed by atoms with van der Waals surface area (Å²) in [5, 5.41) is 23.8. The fraction of sp³-hybridized carbons (Fsp3) is 0.333. The van der Waals surface area contributed by atoms with Crippen LogP contribution in [0.3, 0.4) is 0 Å². The molecule has 11 nitrogen and oxygen atoms in total. The standard InChI is InChI=1S/C21H24N8O3/c1-12-11-32-21(25-12)28-7-3-4-15(20(28)31)26-17-8-18(22-2)29-19(27-17)13(10-24-29)9-23-14-5-6-16(14)30/h3-4,7-8,10-11,14,16,22-23,30H,5-6,9H2,1-2H3,(H,26,27)/t14-,16-/m1/s1. The summed E-state index contributed by atoms with van der Waals surface area (Å²) < 4.78 is 8.41. The molecule has 1 aliphatic rings. The summed E-state index contributed by atoms with van der Waals surface area (Å²) in [6.45, 7) is 2.33. The van der Waals surface area contributed by atoms with E-state index in [1.165, 1.54) is 10.8 Å². The van der Waals surface area contributed by atoms with E-state index in [0.29, 0.717) is 35.2 Å². The molecule has 166 valence electrons. The predicted octanol–water partition coefficient (Wildman–Crippen LogP) is 1.57. The van der Waals surface area contributed by atoms with Gasteiger partial charge in [0.25, 0.3) is 5.56 Å². The Balaban J connectivity index is 1.46. The Kier molecular flexibility index (Phi) is 5.11. The van der Waals surface area contributed by atoms with Crippen molar-refractivity contribution in [2.75, 3.05) is 17.7 Å². The first kappa shape index (κ1) is 20.2. The molecule has 0 aliphatic heterocycles. The molecule has 1 fully saturated rings. The van der Waals surface area contributed by atoms with E-state index in [0.717, 1.165) is 18.4 Å². The van der Waals surface area contributed by atoms with E-state index in [2.05, 4.69) is 31.0 Å². The molecule has 0 radical (unpaired) electrons. The first-order valence-corrected chi connectivity index (χ1v) is 10.4. The zero-order valence-corrected chi connectivity index (χ0v) is 17.7. The van der Waals surface area contributed by atoms with Gasteiger partial charge in [-0.15, -0.1) is 0 Å². The smallest absolute Gasteiger partial charge is 0.308 e. The highest BCUT2D eigenvalue weighted by atomic mass is 16.4. The molecule has 0 spiro atoms. The van der Waals surface area contributed by atoms with E-state index in [1.54, 1.807) is 49.1 Å². The van der Waals surface area contributed by atoms with Crippen molar-refractivity contribution in [3.8, 4) is 6.01 Å². The number of anilines is 3. The van der Waals surface area contributed by atoms with E-state index in [-0.39, 0.29) is 23.7 Å². The number of pyridine rings is 1. The summed E-state index contributed by atoms with van der Waals surface area (Å²) in [6, 6.07) is 5.49. The van der Waals surface area contributed by atoms with Crippen LogP contribution in [0.25, 0.3) is 11.7 Å². The number of nitrogens with zero attached hydrogens (tertiary/aromatic N) is 5. The maximum atomic E-state index is 13.0. The van der Waals surface area contributed by atoms with Crippen LogP contribution in [0.4, 0.5) is 17.3 Å². The normalized spacial score (nSPS) is 18.0. The molecule has 5 rings (SSSR count). The molecule has 0 bridgehead atoms. The van der Waals surface area contributed by atoms with Crippen LogP contribution in [0.15, 0.2) is 46.1 Å². The molecule has 32 heavy (non-hydrogen) atoms. The second kappa shape index (κ2) is 8.09. The molecule has 0 saturated heterocycles. The van der Waals surface area contributed by atoms with Gasteiger partial charge in [-0.1, -0.05) is 0 Å². The SMILES string of the molecule is CNc1cc(Nc2cccn(-c3nc(C)co3)c2=O)nc2c(CN[C@@H]3CC[C@H]3O)cnn12. The van der Waals surface area contributed by atoms with Gasteiger partial charge in [-0.2, -0.15) is 14.6 Å². The number of aromatic nitrogens is 5. The van der Waals surface area contributed by atoms with Crippen molar-refractivity contribution in [3.05, 3.63) is 58.5 Å². The number of aryl methyl sites for hydroxylation is 1. The number of oxazole rings is 1. The van der Waals surface area contributed by atoms with Gasteiger partial charge < -0.3 is 25.5 Å². The van der Waals surface area contributed by atoms with Crippen molar-refractivity contribution in [2.24, 2.45) is 0 Å². The molecular weight excluding hydrogens is 412 g/mol. The third kappa shape index (κ3) is 3.61. The first-order chi connectivity index (χ1) is 15.5. The molecule has 2 atom stereocenters. The number of rotatable bonds is 7. The van der Waals surface area contributed by atoms with Crippen LogP contribution >= 0.6 is 0 Å². The van der Waals surface area contributed by atoms with Crippen molar-refractivity contribution in [3.63, 3.8) is 0 Å². The fourth-order valence-electron chi connectivity index (χ4n) is 3.67. The molecule has 0 aromatic carbocycles. The summed E-state index contributed by atoms with van der Waals surface area (Å²) in [5.41, 5.74) is 2.26. The zero-order valence-electron chi connectivity index (χ0n) is 17.7. The van der Waals surface area contributed by atoms with E-state index in [4.69, 9.17) is 4.42 Å². The lowest BCUT2D eigenvalue weighted by Crippen LogP contribution is -2.47. The number of aliphatic hydroxyl groups excluding tert-OH is 1. The van der Waals surface area contributed by atoms with Gasteiger partial charge in [-0.25, -0.2) is 9.55 Å². The van der Waals surface area contributed by atoms with E-state index in [1.807, 2.05) is 0 Å². The number of nitrogens with one attached hydrogen (secondary N) is 3. The van der Waals surface area contributed by atoms with Crippen LogP contribution in [0.5, 0.6) is 0 Å². The highest BCUT2D eigenvalue weighted by Crippen LogP contribution is 2.23. The van der Waals surface area contributed by atoms with Crippen LogP contribution in [0.1, 0.15) is 24.1 Å². The van der Waals surface area contributed by atoms with E-state index in [9.17, 15) is 9.90 Å². The number of hydrogen-bond acceptors (Lipinski definition) is 9. The first-order valence-electron chi connectivity index (χ1n) is 10.4. The lowest BCUT2D eigenvalue weighted by Gasteiger charge is -2.33. The monoisotopic (exact) mass is 436 g/mol. The fourth-order valence-corrected chi connectivity index (χ4v) is 3.67. The van der Waals surface area contributed by atoms with Crippen LogP contribution in [0, 0.1) is 6.92 Å². The maximum absolute atomic E-state index is 13.0. The summed E-state index contributed by atoms with van der Waals surface area (Å²) in [7, 11) is 1.79. The van der Waals surface area contributed by atoms with Gasteiger partial charge in [0.15, 0.2) is 5.65 Å². The minimum atomic E-state index is -0.309. The molecule has 4 N–H and O–H groups in total. The maximum Gasteiger partial charge on any atom is 0.308 e. The minimum Gasteiger partial charge on any atom is -0.431 e. The van der Waals surface area contributed by atoms with Crippen LogP contribution in [-0.2, 0) is 6.54 Å². The molecule has 4 heterocycles. The van der Waals surface area contributed by atoms with Crippen molar-refractivity contribution in [2.45, 2.75) is 38.5 Å². The third-order valence-electron chi connectivity index (χ3n) is 5.62. The van der Waals surface area contributed by atoms with Gasteiger partial charge in [0.2, 0.25) is 0 Å². The number of aliphatic hydroxyl groups is 1. The Hall–Kier alpha value is -3.70. The minimum absolute atomic E-state index is 0.0941. The second-order valence-corrected chi connectivity index (χ2v) is 7.81. The topological polar surface area (TPSA) is 135 Å². The summed E-state index contributed by atoms with van der Waals surface area (Å²) in [5.74, 6) is 1.21. The Morgan fingerprint density at radius 1 is 1.31 bits per heavy atom. The van der Waals surface area contributed by atoms with E-state index < -0.39 is 0 Å². The number of fused-ring (bicyclic) bond motifs is 1. The van der Waals surface area contributed by atoms with E-state index >= 15 is 0 Å². The molecule has 1 aliphatic carbocycles. The van der Waals surface area contributed by atoms with Crippen LogP contribution < -0.4 is 21.5 Å². The van der Waals surface area contributed by atoms with Gasteiger partial charge >= 0.3 is 6.01 Å². The Morgan fingerprint density at radius 3 is 2.88 bits per heavy atom. The van der Waals surface area contributed by atoms with Crippen molar-refractivity contribution in [1.82, 2.24) is 29.5 Å². The molecular formula is C21H24N8O3. The zero-order chi connectivity index (χ0) is 22.2. The van der Waals surface area contributed by atoms with Crippen LogP contribution in [0.2, 0.25) is 0 Å². The van der Waals surface area contributed by atoms with Gasteiger partial charge in [0, 0.05) is 37.5 Å². The van der Waals surface area contributed by atoms with Crippen molar-refractivity contribution in [1.29, 1.82) is 0 Å². The Morgan fingerprint density at radius 2 is 2.19 bits per heavy atom. The Bertz CT molecular complexity index is 1320. The summed E-state index contributed by atoms with van der Waals surface area (Å²) in [4.78, 5) is 21.9. The lowest BCUT2D eigenvalue weighted by molar-refractivity contribution is 0.0493. The average molecular weight is 436 g/mol. The van der Waals surface area contributed by atoms with Gasteiger partial charge in [0.05, 0.1) is 18.0 Å². The second-order valence-electron chi connectivity index (χ2n) is 7.81. The highest BCUT2D eigenvalue weighted by molar-refractivity contribution is 5.64. The molecule has 11 heteroatoms. The summed E-state index contributed by atoms with van der Waals surface area (Å²) >= 11 is 0. The van der Waals surface area contributed by atoms with Crippen molar-refractivity contribution < 1.29 is 9.52 Å². The predicted molar refractivity (Wildman–Crippen MR) is 119 cm³/mol. The van der Waals surface area contributed by atoms with Gasteiger partial charge in [-0.05, 0) is 31.9 Å². The Labute approximate surface area is 183 Å². The highest BCUT2D eigenvalue weighted by Gasteiger charge is 2.28. The molecule has 4 aromatic rings. The summed E-state index contributed by atoms with van der Waals surface area (Å²) in [6.07, 6.45) is 6.32. The quantitative estimate of drug-likeness (QED) is 0.340. The van der Waals surface area contributed by atoms with Gasteiger partial charge in [0.1, 0.15) is 23.6 Å². The largest absolute Gasteiger partial charge is 0.431 e. The van der Waals surface area contributed by atoms with Crippen LogP contribution in [-0.4, -0.2) is 48.4 Å². The third-order valence-corrected chi connectivity index (χ3v) is 5.62. The lowest BCUT2D eigenvalue weighted by atomic mass is 9.89.